The van der Waals surface area contributed by atoms with Gasteiger partial charge in [0, 0.05) is 24.9 Å². The zero-order valence-electron chi connectivity index (χ0n) is 19.3. The molecule has 1 heterocycles. The summed E-state index contributed by atoms with van der Waals surface area (Å²) >= 11 is 1.63. The summed E-state index contributed by atoms with van der Waals surface area (Å²) in [5.41, 5.74) is 7.08. The minimum absolute atomic E-state index is 0.0195. The highest BCUT2D eigenvalue weighted by molar-refractivity contribution is 8.04. The van der Waals surface area contributed by atoms with Crippen molar-refractivity contribution in [2.24, 2.45) is 0 Å². The van der Waals surface area contributed by atoms with Crippen molar-refractivity contribution in [1.82, 2.24) is 10.6 Å². The number of hydrogen-bond acceptors (Lipinski definition) is 4. The van der Waals surface area contributed by atoms with Gasteiger partial charge in [0.15, 0.2) is 0 Å². The minimum Gasteiger partial charge on any atom is -0.497 e. The molecule has 3 rings (SSSR count). The second-order valence-corrected chi connectivity index (χ2v) is 8.76. The van der Waals surface area contributed by atoms with Gasteiger partial charge in [-0.1, -0.05) is 60.5 Å². The summed E-state index contributed by atoms with van der Waals surface area (Å²) in [7, 11) is 3.60. The van der Waals surface area contributed by atoms with Crippen LogP contribution in [0.3, 0.4) is 0 Å². The molecule has 2 N–H and O–H groups in total. The van der Waals surface area contributed by atoms with Gasteiger partial charge in [-0.15, -0.1) is 11.8 Å². The first kappa shape index (κ1) is 23.7. The molecule has 1 amide bonds. The molecule has 32 heavy (non-hydrogen) atoms. The Kier molecular flexibility index (Phi) is 8.63. The number of amides is 1. The van der Waals surface area contributed by atoms with Gasteiger partial charge in [-0.05, 0) is 54.8 Å². The molecule has 0 saturated carbocycles. The SMILES string of the molecule is CC/C(=C/NC)C/C(C)=C1\CSC(C(=O)NCc2ccccc2)=C1c1ccc(OC)cc1. The molecule has 1 aliphatic rings. The lowest BCUT2D eigenvalue weighted by Gasteiger charge is -2.14. The average Bonchev–Trinajstić information content (AvgIpc) is 3.28. The molecule has 0 aromatic heterocycles. The van der Waals surface area contributed by atoms with Crippen molar-refractivity contribution < 1.29 is 9.53 Å². The third-order valence-corrected chi connectivity index (χ3v) is 6.69. The highest BCUT2D eigenvalue weighted by Crippen LogP contribution is 2.44. The van der Waals surface area contributed by atoms with Crippen molar-refractivity contribution in [2.45, 2.75) is 33.2 Å². The second-order valence-electron chi connectivity index (χ2n) is 7.77. The van der Waals surface area contributed by atoms with Crippen molar-refractivity contribution in [3.8, 4) is 5.75 Å². The van der Waals surface area contributed by atoms with Crippen LogP contribution in [0.25, 0.3) is 5.57 Å². The predicted molar refractivity (Wildman–Crippen MR) is 135 cm³/mol. The van der Waals surface area contributed by atoms with Gasteiger partial charge >= 0.3 is 0 Å². The number of allylic oxidation sites excluding steroid dienone is 3. The Hall–Kier alpha value is -2.92. The summed E-state index contributed by atoms with van der Waals surface area (Å²) in [6.45, 7) is 4.87. The van der Waals surface area contributed by atoms with E-state index in [1.165, 1.54) is 16.7 Å². The zero-order valence-corrected chi connectivity index (χ0v) is 20.1. The monoisotopic (exact) mass is 448 g/mol. The number of thioether (sulfide) groups is 1. The Bertz CT molecular complexity index is 1020. The molecule has 0 saturated heterocycles. The number of nitrogens with one attached hydrogen (secondary N) is 2. The molecule has 4 nitrogen and oxygen atoms in total. The summed E-state index contributed by atoms with van der Waals surface area (Å²) in [5, 5.41) is 6.26. The summed E-state index contributed by atoms with van der Waals surface area (Å²) in [4.78, 5) is 14.0. The Morgan fingerprint density at radius 3 is 2.47 bits per heavy atom. The summed E-state index contributed by atoms with van der Waals surface area (Å²) in [5.74, 6) is 1.59. The van der Waals surface area contributed by atoms with E-state index in [0.29, 0.717) is 6.54 Å². The lowest BCUT2D eigenvalue weighted by atomic mass is 9.92. The van der Waals surface area contributed by atoms with Crippen LogP contribution in [0.1, 0.15) is 37.8 Å². The number of hydrogen-bond donors (Lipinski definition) is 2. The maximum absolute atomic E-state index is 13.2. The van der Waals surface area contributed by atoms with Gasteiger partial charge in [-0.2, -0.15) is 0 Å². The van der Waals surface area contributed by atoms with Gasteiger partial charge in [-0.3, -0.25) is 4.79 Å². The summed E-state index contributed by atoms with van der Waals surface area (Å²) < 4.78 is 5.34. The Labute approximate surface area is 195 Å². The topological polar surface area (TPSA) is 50.4 Å². The second kappa shape index (κ2) is 11.6. The average molecular weight is 449 g/mol. The smallest absolute Gasteiger partial charge is 0.258 e. The molecule has 5 heteroatoms. The maximum atomic E-state index is 13.2. The fourth-order valence-corrected chi connectivity index (χ4v) is 5.06. The van der Waals surface area contributed by atoms with Gasteiger partial charge in [0.05, 0.1) is 12.0 Å². The van der Waals surface area contributed by atoms with Crippen LogP contribution in [0, 0.1) is 0 Å². The Balaban J connectivity index is 1.96. The van der Waals surface area contributed by atoms with Crippen molar-refractivity contribution >= 4 is 23.2 Å². The number of ether oxygens (including phenoxy) is 1. The van der Waals surface area contributed by atoms with E-state index < -0.39 is 0 Å². The number of rotatable bonds is 9. The van der Waals surface area contributed by atoms with Crippen LogP contribution in [-0.4, -0.2) is 25.8 Å². The van der Waals surface area contributed by atoms with E-state index in [4.69, 9.17) is 4.74 Å². The molecule has 2 aromatic rings. The normalized spacial score (nSPS) is 15.6. The van der Waals surface area contributed by atoms with Crippen LogP contribution >= 0.6 is 11.8 Å². The third-order valence-electron chi connectivity index (χ3n) is 5.58. The maximum Gasteiger partial charge on any atom is 0.258 e. The van der Waals surface area contributed by atoms with Crippen LogP contribution in [0.4, 0.5) is 0 Å². The zero-order chi connectivity index (χ0) is 22.9. The van der Waals surface area contributed by atoms with E-state index in [1.807, 2.05) is 61.6 Å². The molecule has 2 aromatic carbocycles. The van der Waals surface area contributed by atoms with Gasteiger partial charge in [-0.25, -0.2) is 0 Å². The molecule has 0 atom stereocenters. The first-order chi connectivity index (χ1) is 15.6. The van der Waals surface area contributed by atoms with E-state index in [2.05, 4.69) is 30.7 Å². The standard InChI is InChI=1S/C27H32N2O2S/c1-5-20(16-28-3)15-19(2)24-18-32-26(25(24)22-11-13-23(31-4)14-12-22)27(30)29-17-21-9-7-6-8-10-21/h6-14,16,28H,5,15,17-18H2,1-4H3,(H,29,30)/b20-16-,24-19+. The van der Waals surface area contributed by atoms with Crippen molar-refractivity contribution in [1.29, 1.82) is 0 Å². The fourth-order valence-electron chi connectivity index (χ4n) is 3.79. The molecule has 0 spiro atoms. The van der Waals surface area contributed by atoms with E-state index in [1.54, 1.807) is 18.9 Å². The first-order valence-corrected chi connectivity index (χ1v) is 11.9. The highest BCUT2D eigenvalue weighted by atomic mass is 32.2. The van der Waals surface area contributed by atoms with E-state index in [9.17, 15) is 4.79 Å². The molecule has 168 valence electrons. The number of methoxy groups -OCH3 is 1. The Morgan fingerprint density at radius 1 is 1.12 bits per heavy atom. The van der Waals surface area contributed by atoms with Crippen LogP contribution in [0.2, 0.25) is 0 Å². The van der Waals surface area contributed by atoms with Crippen LogP contribution in [-0.2, 0) is 11.3 Å². The predicted octanol–water partition coefficient (Wildman–Crippen LogP) is 5.69. The van der Waals surface area contributed by atoms with Gasteiger partial charge in [0.1, 0.15) is 5.75 Å². The molecule has 0 unspecified atom stereocenters. The number of carbonyl (C=O) groups is 1. The van der Waals surface area contributed by atoms with Gasteiger partial charge in [0.2, 0.25) is 0 Å². The lowest BCUT2D eigenvalue weighted by Crippen LogP contribution is -2.23. The van der Waals surface area contributed by atoms with Crippen molar-refractivity contribution in [2.75, 3.05) is 19.9 Å². The van der Waals surface area contributed by atoms with Crippen LogP contribution < -0.4 is 15.4 Å². The van der Waals surface area contributed by atoms with Crippen LogP contribution in [0.15, 0.2) is 82.4 Å². The molecular weight excluding hydrogens is 416 g/mol. The molecule has 0 radical (unpaired) electrons. The fraction of sp³-hybridized carbons (Fsp3) is 0.296. The largest absolute Gasteiger partial charge is 0.497 e. The van der Waals surface area contributed by atoms with Crippen LogP contribution in [0.5, 0.6) is 5.75 Å². The molecular formula is C27H32N2O2S. The van der Waals surface area contributed by atoms with Crippen molar-refractivity contribution in [3.05, 3.63) is 93.5 Å². The van der Waals surface area contributed by atoms with E-state index in [-0.39, 0.29) is 5.91 Å². The first-order valence-electron chi connectivity index (χ1n) is 10.9. The van der Waals surface area contributed by atoms with Gasteiger partial charge < -0.3 is 15.4 Å². The number of carbonyl (C=O) groups excluding carboxylic acids is 1. The molecule has 0 fully saturated rings. The minimum atomic E-state index is -0.0195. The summed E-state index contributed by atoms with van der Waals surface area (Å²) in [6.07, 6.45) is 3.97. The number of benzene rings is 2. The van der Waals surface area contributed by atoms with Crippen molar-refractivity contribution in [3.63, 3.8) is 0 Å². The lowest BCUT2D eigenvalue weighted by molar-refractivity contribution is -0.116. The molecule has 0 aliphatic carbocycles. The molecule has 0 bridgehead atoms. The molecule has 1 aliphatic heterocycles. The third kappa shape index (κ3) is 5.86. The Morgan fingerprint density at radius 2 is 1.84 bits per heavy atom. The van der Waals surface area contributed by atoms with E-state index >= 15 is 0 Å². The highest BCUT2D eigenvalue weighted by Gasteiger charge is 2.28. The van der Waals surface area contributed by atoms with E-state index in [0.717, 1.165) is 45.9 Å². The van der Waals surface area contributed by atoms with Gasteiger partial charge in [0.25, 0.3) is 5.91 Å². The quantitative estimate of drug-likeness (QED) is 0.517. The summed E-state index contributed by atoms with van der Waals surface area (Å²) in [6, 6.07) is 18.0.